The second-order valence-corrected chi connectivity index (χ2v) is 12.0. The summed E-state index contributed by atoms with van der Waals surface area (Å²) in [5.74, 6) is -1.33. The van der Waals surface area contributed by atoms with Gasteiger partial charge in [0.05, 0.1) is 11.1 Å². The number of amides is 5. The Hall–Kier alpha value is -3.43. The molecular formula is C27H34N4O6. The summed E-state index contributed by atoms with van der Waals surface area (Å²) in [6.45, 7) is 8.44. The number of carbonyl (C=O) groups is 5. The summed E-state index contributed by atoms with van der Waals surface area (Å²) in [5, 5.41) is 15.0. The molecule has 0 bridgehead atoms. The number of carbonyl (C=O) groups excluding carboxylic acids is 4. The van der Waals surface area contributed by atoms with Gasteiger partial charge in [0.2, 0.25) is 11.8 Å². The molecule has 3 aliphatic heterocycles. The molecule has 3 atom stereocenters. The lowest BCUT2D eigenvalue weighted by atomic mass is 9.44. The summed E-state index contributed by atoms with van der Waals surface area (Å²) in [4.78, 5) is 64.3. The van der Waals surface area contributed by atoms with Gasteiger partial charge < -0.3 is 15.3 Å². The molecule has 1 aromatic rings. The van der Waals surface area contributed by atoms with Gasteiger partial charge >= 0.3 is 6.09 Å². The largest absolute Gasteiger partial charge is 0.465 e. The first-order valence-corrected chi connectivity index (χ1v) is 13.0. The van der Waals surface area contributed by atoms with Gasteiger partial charge in [-0.05, 0) is 60.5 Å². The predicted molar refractivity (Wildman–Crippen MR) is 134 cm³/mol. The van der Waals surface area contributed by atoms with Crippen molar-refractivity contribution in [2.45, 2.75) is 58.9 Å². The average molecular weight is 511 g/mol. The Labute approximate surface area is 215 Å². The van der Waals surface area contributed by atoms with Crippen LogP contribution in [0.4, 0.5) is 10.5 Å². The third-order valence-electron chi connectivity index (χ3n) is 8.79. The number of piperidine rings is 2. The van der Waals surface area contributed by atoms with E-state index in [9.17, 15) is 29.1 Å². The van der Waals surface area contributed by atoms with Gasteiger partial charge in [-0.1, -0.05) is 26.8 Å². The number of likely N-dealkylation sites (tertiary alicyclic amines) is 1. The first-order valence-electron chi connectivity index (χ1n) is 13.0. The zero-order chi connectivity index (χ0) is 26.7. The number of carboxylic acid groups (broad SMARTS) is 1. The van der Waals surface area contributed by atoms with Crippen molar-refractivity contribution in [2.24, 2.45) is 22.7 Å². The molecule has 37 heavy (non-hydrogen) atoms. The van der Waals surface area contributed by atoms with E-state index in [-0.39, 0.29) is 34.8 Å². The monoisotopic (exact) mass is 510 g/mol. The van der Waals surface area contributed by atoms with E-state index >= 15 is 0 Å². The van der Waals surface area contributed by atoms with Crippen molar-refractivity contribution in [3.8, 4) is 0 Å². The third-order valence-corrected chi connectivity index (χ3v) is 8.79. The topological polar surface area (TPSA) is 136 Å². The molecule has 3 fully saturated rings. The summed E-state index contributed by atoms with van der Waals surface area (Å²) < 4.78 is 0. The summed E-state index contributed by atoms with van der Waals surface area (Å²) in [5.41, 5.74) is 1.25. The average Bonchev–Trinajstić information content (AvgIpc) is 3.06. The Kier molecular flexibility index (Phi) is 6.03. The molecule has 198 valence electrons. The molecule has 1 spiro atoms. The van der Waals surface area contributed by atoms with Gasteiger partial charge in [-0.3, -0.25) is 29.4 Å². The fourth-order valence-electron chi connectivity index (χ4n) is 7.48. The second kappa shape index (κ2) is 8.85. The molecule has 3 N–H and O–H groups in total. The number of rotatable bonds is 4. The maximum atomic E-state index is 13.4. The van der Waals surface area contributed by atoms with Crippen LogP contribution in [0.15, 0.2) is 18.2 Å². The Morgan fingerprint density at radius 1 is 1.14 bits per heavy atom. The van der Waals surface area contributed by atoms with Crippen molar-refractivity contribution in [3.05, 3.63) is 29.3 Å². The molecule has 1 aromatic carbocycles. The van der Waals surface area contributed by atoms with Crippen LogP contribution in [0, 0.1) is 22.7 Å². The molecule has 3 heterocycles. The van der Waals surface area contributed by atoms with Gasteiger partial charge in [-0.2, -0.15) is 0 Å². The molecule has 0 aromatic heterocycles. The van der Waals surface area contributed by atoms with Crippen molar-refractivity contribution in [2.75, 3.05) is 25.0 Å². The minimum atomic E-state index is -0.994. The zero-order valence-electron chi connectivity index (χ0n) is 21.5. The van der Waals surface area contributed by atoms with Crippen molar-refractivity contribution in [1.29, 1.82) is 0 Å². The quantitative estimate of drug-likeness (QED) is 0.530. The smallest absolute Gasteiger partial charge is 0.407 e. The van der Waals surface area contributed by atoms with Crippen molar-refractivity contribution in [3.63, 3.8) is 0 Å². The molecule has 4 aliphatic rings. The van der Waals surface area contributed by atoms with E-state index in [1.165, 1.54) is 4.90 Å². The van der Waals surface area contributed by atoms with Crippen LogP contribution < -0.4 is 10.6 Å². The molecule has 1 aliphatic carbocycles. The molecule has 0 radical (unpaired) electrons. The van der Waals surface area contributed by atoms with Gasteiger partial charge in [0.25, 0.3) is 11.8 Å². The Morgan fingerprint density at radius 2 is 1.84 bits per heavy atom. The Bertz CT molecular complexity index is 1180. The molecule has 10 heteroatoms. The van der Waals surface area contributed by atoms with Crippen LogP contribution in [0.5, 0.6) is 0 Å². The minimum Gasteiger partial charge on any atom is -0.465 e. The highest BCUT2D eigenvalue weighted by Crippen LogP contribution is 2.63. The van der Waals surface area contributed by atoms with E-state index in [2.05, 4.69) is 31.4 Å². The number of nitrogens with zero attached hydrogens (tertiary/aromatic N) is 2. The summed E-state index contributed by atoms with van der Waals surface area (Å²) in [6.07, 6.45) is 2.04. The fourth-order valence-corrected chi connectivity index (χ4v) is 7.48. The normalized spacial score (nSPS) is 27.2. The van der Waals surface area contributed by atoms with Gasteiger partial charge in [0.1, 0.15) is 6.04 Å². The predicted octanol–water partition coefficient (Wildman–Crippen LogP) is 2.94. The van der Waals surface area contributed by atoms with Crippen molar-refractivity contribution >= 4 is 35.4 Å². The molecule has 2 saturated heterocycles. The van der Waals surface area contributed by atoms with E-state index < -0.39 is 35.8 Å². The van der Waals surface area contributed by atoms with Crippen LogP contribution in [0.25, 0.3) is 0 Å². The van der Waals surface area contributed by atoms with E-state index in [0.29, 0.717) is 37.2 Å². The van der Waals surface area contributed by atoms with Crippen molar-refractivity contribution in [1.82, 2.24) is 15.1 Å². The number of benzene rings is 1. The van der Waals surface area contributed by atoms with Gasteiger partial charge in [0.15, 0.2) is 0 Å². The molecule has 10 nitrogen and oxygen atoms in total. The molecule has 1 saturated carbocycles. The number of imide groups is 2. The van der Waals surface area contributed by atoms with Crippen LogP contribution in [0.3, 0.4) is 0 Å². The number of fused-ring (bicyclic) bond motifs is 1. The van der Waals surface area contributed by atoms with E-state index in [1.807, 2.05) is 0 Å². The van der Waals surface area contributed by atoms with Gasteiger partial charge in [0, 0.05) is 31.7 Å². The highest BCUT2D eigenvalue weighted by Gasteiger charge is 2.58. The summed E-state index contributed by atoms with van der Waals surface area (Å²) in [7, 11) is 0. The van der Waals surface area contributed by atoms with E-state index in [4.69, 9.17) is 0 Å². The zero-order valence-corrected chi connectivity index (χ0v) is 21.5. The third kappa shape index (κ3) is 4.16. The maximum absolute atomic E-state index is 13.4. The summed E-state index contributed by atoms with van der Waals surface area (Å²) >= 11 is 0. The SMILES string of the molecule is CC(C)(C)C1C(CNc2cccc3c2C(=O)N(C2CCC(=O)NC2=O)C3=O)CC12CCN(C(=O)O)CC2. The lowest BCUT2D eigenvalue weighted by molar-refractivity contribution is -0.136. The molecule has 5 amide bonds. The van der Waals surface area contributed by atoms with Crippen molar-refractivity contribution < 1.29 is 29.1 Å². The van der Waals surface area contributed by atoms with Crippen LogP contribution in [0.1, 0.15) is 73.6 Å². The number of hydrogen-bond donors (Lipinski definition) is 3. The lowest BCUT2D eigenvalue weighted by Crippen LogP contribution is -2.60. The number of nitrogens with one attached hydrogen (secondary N) is 2. The van der Waals surface area contributed by atoms with Crippen LogP contribution >= 0.6 is 0 Å². The first-order chi connectivity index (χ1) is 17.4. The van der Waals surface area contributed by atoms with E-state index in [0.717, 1.165) is 24.2 Å². The molecule has 3 unspecified atom stereocenters. The number of anilines is 1. The standard InChI is InChI=1S/C27H34N4O6/c1-26(2,3)21-15(13-27(21)9-11-30(12-10-27)25(36)37)14-28-17-6-4-5-16-20(17)24(35)31(23(16)34)18-7-8-19(32)29-22(18)33/h4-6,15,18,21,28H,7-14H2,1-3H3,(H,36,37)(H,29,32,33). The highest BCUT2D eigenvalue weighted by atomic mass is 16.4. The molecule has 5 rings (SSSR count). The van der Waals surface area contributed by atoms with Crippen LogP contribution in [0.2, 0.25) is 0 Å². The number of hydrogen-bond acceptors (Lipinski definition) is 6. The second-order valence-electron chi connectivity index (χ2n) is 12.0. The molecular weight excluding hydrogens is 476 g/mol. The minimum absolute atomic E-state index is 0.0307. The Morgan fingerprint density at radius 3 is 2.46 bits per heavy atom. The maximum Gasteiger partial charge on any atom is 0.407 e. The van der Waals surface area contributed by atoms with Crippen LogP contribution in [-0.4, -0.2) is 70.3 Å². The highest BCUT2D eigenvalue weighted by molar-refractivity contribution is 6.25. The first kappa shape index (κ1) is 25.2. The van der Waals surface area contributed by atoms with Gasteiger partial charge in [-0.15, -0.1) is 0 Å². The summed E-state index contributed by atoms with van der Waals surface area (Å²) in [6, 6.07) is 4.11. The lowest BCUT2D eigenvalue weighted by Gasteiger charge is -2.63. The fraction of sp³-hybridized carbons (Fsp3) is 0.593. The van der Waals surface area contributed by atoms with Gasteiger partial charge in [-0.25, -0.2) is 4.79 Å². The van der Waals surface area contributed by atoms with E-state index in [1.54, 1.807) is 18.2 Å². The van der Waals surface area contributed by atoms with Crippen LogP contribution in [-0.2, 0) is 9.59 Å². The Balaban J connectivity index is 1.31.